The number of carbonyl (C=O) groups is 1. The van der Waals surface area contributed by atoms with Crippen LogP contribution in [0.4, 0.5) is 5.13 Å². The van der Waals surface area contributed by atoms with Crippen molar-refractivity contribution in [3.8, 4) is 5.75 Å². The molecule has 4 rings (SSSR count). The molecule has 0 unspecified atom stereocenters. The molecule has 2 heterocycles. The Bertz CT molecular complexity index is 1070. The Labute approximate surface area is 218 Å². The fourth-order valence-electron chi connectivity index (χ4n) is 4.09. The van der Waals surface area contributed by atoms with Crippen LogP contribution in [-0.4, -0.2) is 61.8 Å². The lowest BCUT2D eigenvalue weighted by molar-refractivity contribution is 0.0376. The summed E-state index contributed by atoms with van der Waals surface area (Å²) in [6, 6.07) is 13.8. The molecular weight excluding hydrogens is 482 g/mol. The van der Waals surface area contributed by atoms with E-state index in [-0.39, 0.29) is 18.3 Å². The van der Waals surface area contributed by atoms with Crippen molar-refractivity contribution in [2.75, 3.05) is 50.9 Å². The van der Waals surface area contributed by atoms with E-state index in [4.69, 9.17) is 14.5 Å². The first kappa shape index (κ1) is 27.4. The Morgan fingerprint density at radius 3 is 2.63 bits per heavy atom. The number of unbranched alkanes of at least 4 members (excludes halogenated alkanes) is 2. The summed E-state index contributed by atoms with van der Waals surface area (Å²) >= 11 is 1.58. The molecule has 0 spiro atoms. The molecule has 1 saturated heterocycles. The molecule has 0 bridgehead atoms. The fraction of sp³-hybridized carbons (Fsp3) is 0.481. The van der Waals surface area contributed by atoms with E-state index < -0.39 is 0 Å². The number of rotatable bonds is 11. The van der Waals surface area contributed by atoms with E-state index in [1.165, 1.54) is 12.0 Å². The van der Waals surface area contributed by atoms with Crippen molar-refractivity contribution in [1.82, 2.24) is 9.88 Å². The number of aromatic nitrogens is 1. The zero-order chi connectivity index (χ0) is 23.8. The number of benzene rings is 2. The van der Waals surface area contributed by atoms with Crippen LogP contribution in [0.25, 0.3) is 10.2 Å². The Morgan fingerprint density at radius 2 is 1.89 bits per heavy atom. The van der Waals surface area contributed by atoms with Gasteiger partial charge < -0.3 is 9.47 Å². The molecule has 1 aliphatic heterocycles. The number of anilines is 1. The molecule has 0 saturated carbocycles. The molecule has 6 nitrogen and oxygen atoms in total. The van der Waals surface area contributed by atoms with Gasteiger partial charge in [0.2, 0.25) is 0 Å². The van der Waals surface area contributed by atoms with Gasteiger partial charge in [0.05, 0.1) is 30.0 Å². The van der Waals surface area contributed by atoms with Crippen LogP contribution in [0, 0.1) is 6.92 Å². The predicted octanol–water partition coefficient (Wildman–Crippen LogP) is 5.96. The summed E-state index contributed by atoms with van der Waals surface area (Å²) in [5, 5.41) is 0.757. The first-order valence-corrected chi connectivity index (χ1v) is 13.2. The average Bonchev–Trinajstić information content (AvgIpc) is 3.28. The van der Waals surface area contributed by atoms with Crippen molar-refractivity contribution >= 4 is 45.0 Å². The number of morpholine rings is 1. The van der Waals surface area contributed by atoms with Crippen molar-refractivity contribution in [1.29, 1.82) is 0 Å². The molecule has 8 heteroatoms. The van der Waals surface area contributed by atoms with E-state index >= 15 is 0 Å². The minimum absolute atomic E-state index is 0. The smallest absolute Gasteiger partial charge is 0.260 e. The van der Waals surface area contributed by atoms with E-state index in [2.05, 4.69) is 30.9 Å². The first-order chi connectivity index (χ1) is 16.6. The van der Waals surface area contributed by atoms with Gasteiger partial charge in [0.15, 0.2) is 5.13 Å². The average molecular weight is 518 g/mol. The Kier molecular flexibility index (Phi) is 10.8. The summed E-state index contributed by atoms with van der Waals surface area (Å²) in [6.45, 7) is 10.0. The summed E-state index contributed by atoms with van der Waals surface area (Å²) in [5.41, 5.74) is 2.79. The molecule has 0 atom stereocenters. The Balaban J connectivity index is 0.00000342. The van der Waals surface area contributed by atoms with Crippen LogP contribution in [0.3, 0.4) is 0 Å². The highest BCUT2D eigenvalue weighted by Gasteiger charge is 2.22. The maximum atomic E-state index is 13.6. The SMILES string of the molecule is CCCCCOc1ccc(C(=O)N(CCCN2CCOCC2)c2nc3ccc(C)cc3s2)cc1.Cl. The van der Waals surface area contributed by atoms with Gasteiger partial charge in [0.25, 0.3) is 5.91 Å². The second-order valence-corrected chi connectivity index (χ2v) is 9.82. The summed E-state index contributed by atoms with van der Waals surface area (Å²) in [5.74, 6) is 0.789. The fourth-order valence-corrected chi connectivity index (χ4v) is 5.18. The summed E-state index contributed by atoms with van der Waals surface area (Å²) in [6.07, 6.45) is 4.27. The van der Waals surface area contributed by atoms with Gasteiger partial charge in [-0.3, -0.25) is 14.6 Å². The molecule has 2 aromatic carbocycles. The van der Waals surface area contributed by atoms with Crippen molar-refractivity contribution < 1.29 is 14.3 Å². The van der Waals surface area contributed by atoms with Gasteiger partial charge in [-0.25, -0.2) is 4.98 Å². The number of hydrogen-bond acceptors (Lipinski definition) is 6. The summed E-state index contributed by atoms with van der Waals surface area (Å²) in [7, 11) is 0. The lowest BCUT2D eigenvalue weighted by atomic mass is 10.2. The monoisotopic (exact) mass is 517 g/mol. The third-order valence-electron chi connectivity index (χ3n) is 6.09. The molecular formula is C27H36ClN3O3S. The quantitative estimate of drug-likeness (QED) is 0.293. The van der Waals surface area contributed by atoms with Crippen LogP contribution in [0.1, 0.15) is 48.5 Å². The summed E-state index contributed by atoms with van der Waals surface area (Å²) < 4.78 is 12.4. The predicted molar refractivity (Wildman–Crippen MR) is 147 cm³/mol. The van der Waals surface area contributed by atoms with Crippen molar-refractivity contribution in [3.63, 3.8) is 0 Å². The van der Waals surface area contributed by atoms with E-state index in [0.717, 1.165) is 73.2 Å². The summed E-state index contributed by atoms with van der Waals surface area (Å²) in [4.78, 5) is 22.7. The number of aryl methyl sites for hydroxylation is 1. The Morgan fingerprint density at radius 1 is 1.11 bits per heavy atom. The third kappa shape index (κ3) is 7.64. The molecule has 1 fully saturated rings. The van der Waals surface area contributed by atoms with Gasteiger partial charge in [-0.15, -0.1) is 12.4 Å². The minimum atomic E-state index is -0.0183. The van der Waals surface area contributed by atoms with E-state index in [0.29, 0.717) is 18.7 Å². The maximum Gasteiger partial charge on any atom is 0.260 e. The largest absolute Gasteiger partial charge is 0.494 e. The topological polar surface area (TPSA) is 54.9 Å². The van der Waals surface area contributed by atoms with Crippen LogP contribution in [0.2, 0.25) is 0 Å². The van der Waals surface area contributed by atoms with Crippen LogP contribution in [0.15, 0.2) is 42.5 Å². The van der Waals surface area contributed by atoms with Crippen molar-refractivity contribution in [2.24, 2.45) is 0 Å². The van der Waals surface area contributed by atoms with Gasteiger partial charge in [-0.1, -0.05) is 37.2 Å². The first-order valence-electron chi connectivity index (χ1n) is 12.4. The van der Waals surface area contributed by atoms with Crippen LogP contribution in [-0.2, 0) is 4.74 Å². The van der Waals surface area contributed by atoms with Gasteiger partial charge >= 0.3 is 0 Å². The highest BCUT2D eigenvalue weighted by molar-refractivity contribution is 7.22. The highest BCUT2D eigenvalue weighted by Crippen LogP contribution is 2.31. The molecule has 1 amide bonds. The Hall–Kier alpha value is -2.19. The molecule has 0 aliphatic carbocycles. The van der Waals surface area contributed by atoms with E-state index in [9.17, 15) is 4.79 Å². The van der Waals surface area contributed by atoms with E-state index in [1.807, 2.05) is 35.2 Å². The minimum Gasteiger partial charge on any atom is -0.494 e. The number of nitrogens with zero attached hydrogens (tertiary/aromatic N) is 3. The lowest BCUT2D eigenvalue weighted by Crippen LogP contribution is -2.39. The van der Waals surface area contributed by atoms with Gasteiger partial charge in [-0.05, 0) is 61.7 Å². The highest BCUT2D eigenvalue weighted by atomic mass is 35.5. The number of carbonyl (C=O) groups excluding carboxylic acids is 1. The second-order valence-electron chi connectivity index (χ2n) is 8.81. The van der Waals surface area contributed by atoms with Crippen LogP contribution < -0.4 is 9.64 Å². The number of hydrogen-bond donors (Lipinski definition) is 0. The van der Waals surface area contributed by atoms with Crippen LogP contribution in [0.5, 0.6) is 5.75 Å². The number of ether oxygens (including phenoxy) is 2. The molecule has 190 valence electrons. The van der Waals surface area contributed by atoms with Gasteiger partial charge in [-0.2, -0.15) is 0 Å². The number of fused-ring (bicyclic) bond motifs is 1. The molecule has 0 N–H and O–H groups in total. The van der Waals surface area contributed by atoms with Crippen LogP contribution >= 0.6 is 23.7 Å². The number of amides is 1. The standard InChI is InChI=1S/C27H35N3O3S.ClH/c1-3-4-5-17-33-23-10-8-22(9-11-23)26(31)30(14-6-13-29-15-18-32-19-16-29)27-28-24-12-7-21(2)20-25(24)34-27;/h7-12,20H,3-6,13-19H2,1-2H3;1H. The van der Waals surface area contributed by atoms with E-state index in [1.54, 1.807) is 11.3 Å². The molecule has 35 heavy (non-hydrogen) atoms. The normalized spacial score (nSPS) is 14.0. The zero-order valence-electron chi connectivity index (χ0n) is 20.7. The second kappa shape index (κ2) is 13.8. The zero-order valence-corrected chi connectivity index (χ0v) is 22.3. The van der Waals surface area contributed by atoms with Gasteiger partial charge in [0, 0.05) is 31.7 Å². The molecule has 0 radical (unpaired) electrons. The maximum absolute atomic E-state index is 13.6. The lowest BCUT2D eigenvalue weighted by Gasteiger charge is -2.27. The van der Waals surface area contributed by atoms with Crippen molar-refractivity contribution in [3.05, 3.63) is 53.6 Å². The molecule has 1 aromatic heterocycles. The van der Waals surface area contributed by atoms with Crippen molar-refractivity contribution in [2.45, 2.75) is 39.5 Å². The number of thiazole rings is 1. The molecule has 1 aliphatic rings. The third-order valence-corrected chi connectivity index (χ3v) is 7.13. The number of halogens is 1. The molecule has 3 aromatic rings. The van der Waals surface area contributed by atoms with Gasteiger partial charge in [0.1, 0.15) is 5.75 Å².